The molecule has 40 heavy (non-hydrogen) atoms. The van der Waals surface area contributed by atoms with E-state index in [0.717, 1.165) is 0 Å². The van der Waals surface area contributed by atoms with Crippen molar-refractivity contribution in [3.05, 3.63) is 172 Å². The van der Waals surface area contributed by atoms with Crippen molar-refractivity contribution in [2.75, 3.05) is 0 Å². The van der Waals surface area contributed by atoms with Gasteiger partial charge in [0.15, 0.2) is 0 Å². The molecule has 0 nitrogen and oxygen atoms in total. The van der Waals surface area contributed by atoms with Gasteiger partial charge in [0.05, 0.1) is 0 Å². The Bertz CT molecular complexity index is 1650. The quantitative estimate of drug-likeness (QED) is 0.184. The summed E-state index contributed by atoms with van der Waals surface area (Å²) in [5.74, 6) is 0. The summed E-state index contributed by atoms with van der Waals surface area (Å²) >= 11 is -2.72. The molecule has 7 rings (SSSR count). The summed E-state index contributed by atoms with van der Waals surface area (Å²) in [6.45, 7) is 4.76. The van der Waals surface area contributed by atoms with E-state index in [1.807, 2.05) is 0 Å². The van der Waals surface area contributed by atoms with Crippen molar-refractivity contribution in [3.8, 4) is 11.1 Å². The Kier molecular flexibility index (Phi) is 8.58. The monoisotopic (exact) mass is 636 g/mol. The standard InChI is InChI=1S/C13H9.C13H10.C11H11.2ClH.Zr/c1-3-7-12-10(5-1)9-11-6-2-4-8-13(11)12;1-3-7-12(8-4-1)11-13-9-5-2-6-10-13;1-8-7-10-5-3-4-6-11(10)9(8)2;;;/h1-9H;1-10H;3-7H,1-2H3;2*1H;. The van der Waals surface area contributed by atoms with Crippen molar-refractivity contribution in [2.45, 2.75) is 21.1 Å². The first-order valence-electron chi connectivity index (χ1n) is 13.5. The molecule has 1 unspecified atom stereocenters. The van der Waals surface area contributed by atoms with Crippen LogP contribution in [0.25, 0.3) is 16.7 Å². The van der Waals surface area contributed by atoms with Crippen molar-refractivity contribution in [1.82, 2.24) is 0 Å². The zero-order valence-electron chi connectivity index (χ0n) is 22.7. The number of allylic oxidation sites excluding steroid dienone is 2. The molecule has 0 saturated heterocycles. The molecule has 2 aliphatic rings. The van der Waals surface area contributed by atoms with E-state index in [1.54, 1.807) is 14.3 Å². The topological polar surface area (TPSA) is 0 Å². The summed E-state index contributed by atoms with van der Waals surface area (Å²) in [7, 11) is 0. The van der Waals surface area contributed by atoms with E-state index in [2.05, 4.69) is 147 Å². The molecule has 5 aromatic rings. The van der Waals surface area contributed by atoms with Crippen LogP contribution in [0.15, 0.2) is 139 Å². The molecule has 0 heterocycles. The van der Waals surface area contributed by atoms with Crippen LogP contribution in [0.1, 0.15) is 54.5 Å². The Labute approximate surface area is 257 Å². The van der Waals surface area contributed by atoms with Crippen LogP contribution in [0.2, 0.25) is 0 Å². The van der Waals surface area contributed by atoms with Gasteiger partial charge in [-0.2, -0.15) is 0 Å². The molecule has 0 aliphatic heterocycles. The van der Waals surface area contributed by atoms with Gasteiger partial charge < -0.3 is 0 Å². The van der Waals surface area contributed by atoms with Gasteiger partial charge in [-0.3, -0.25) is 0 Å². The number of fused-ring (bicyclic) bond motifs is 4. The smallest absolute Gasteiger partial charge is 0.147 e. The number of benzene rings is 5. The van der Waals surface area contributed by atoms with Gasteiger partial charge in [-0.05, 0) is 0 Å². The third kappa shape index (κ3) is 4.63. The Hall–Kier alpha value is -2.83. The molecule has 0 saturated carbocycles. The first kappa shape index (κ1) is 28.7. The minimum Gasteiger partial charge on any atom is -0.147 e. The minimum atomic E-state index is -2.72. The summed E-state index contributed by atoms with van der Waals surface area (Å²) in [5.41, 5.74) is 14.7. The van der Waals surface area contributed by atoms with Crippen LogP contribution in [-0.4, -0.2) is 3.21 Å². The van der Waals surface area contributed by atoms with Crippen LogP contribution in [0.5, 0.6) is 0 Å². The second-order valence-corrected chi connectivity index (χ2v) is 16.8. The van der Waals surface area contributed by atoms with Gasteiger partial charge in [0, 0.05) is 0 Å². The molecule has 3 heteroatoms. The third-order valence-corrected chi connectivity index (χ3v) is 17.8. The largest absolute Gasteiger partial charge is 0.147 e. The van der Waals surface area contributed by atoms with Crippen molar-refractivity contribution in [2.24, 2.45) is 0 Å². The molecule has 0 spiro atoms. The maximum atomic E-state index is 2.42. The van der Waals surface area contributed by atoms with Crippen LogP contribution in [0.3, 0.4) is 0 Å². The fourth-order valence-electron chi connectivity index (χ4n) is 6.81. The SMILES string of the molecule is CC1=C(C)[CH]([Zr](=[C](c2ccccc2)c2ccccc2)[CH]2c3ccccc3-c3ccccc32)c2ccccc21.Cl.Cl. The fraction of sp³-hybridized carbons (Fsp3) is 0.108. The van der Waals surface area contributed by atoms with Gasteiger partial charge in [-0.1, -0.05) is 0 Å². The average Bonchev–Trinajstić information content (AvgIpc) is 3.44. The maximum absolute atomic E-state index is 2.72. The summed E-state index contributed by atoms with van der Waals surface area (Å²) in [6, 6.07) is 50.2. The summed E-state index contributed by atoms with van der Waals surface area (Å²) in [6.07, 6.45) is 0. The van der Waals surface area contributed by atoms with E-state index in [0.29, 0.717) is 7.25 Å². The molecule has 0 bridgehead atoms. The van der Waals surface area contributed by atoms with Gasteiger partial charge in [0.25, 0.3) is 0 Å². The molecular weight excluding hydrogens is 607 g/mol. The van der Waals surface area contributed by atoms with Crippen LogP contribution in [-0.2, 0) is 21.3 Å². The predicted octanol–water partition coefficient (Wildman–Crippen LogP) is 10.0. The van der Waals surface area contributed by atoms with E-state index in [-0.39, 0.29) is 24.8 Å². The van der Waals surface area contributed by atoms with E-state index in [9.17, 15) is 0 Å². The summed E-state index contributed by atoms with van der Waals surface area (Å²) in [4.78, 5) is 0. The predicted molar refractivity (Wildman–Crippen MR) is 172 cm³/mol. The van der Waals surface area contributed by atoms with E-state index >= 15 is 0 Å². The Balaban J connectivity index is 0.00000161. The van der Waals surface area contributed by atoms with Gasteiger partial charge in [-0.15, -0.1) is 24.8 Å². The molecule has 0 N–H and O–H groups in total. The van der Waals surface area contributed by atoms with Crippen molar-refractivity contribution in [3.63, 3.8) is 0 Å². The average molecular weight is 639 g/mol. The molecule has 5 aromatic carbocycles. The number of hydrogen-bond donors (Lipinski definition) is 0. The number of hydrogen-bond acceptors (Lipinski definition) is 0. The number of rotatable bonds is 4. The second kappa shape index (κ2) is 12.0. The first-order valence-corrected chi connectivity index (χ1v) is 17.6. The molecule has 0 radical (unpaired) electrons. The third-order valence-electron chi connectivity index (χ3n) is 8.57. The Morgan fingerprint density at radius 1 is 0.450 bits per heavy atom. The zero-order chi connectivity index (χ0) is 25.6. The van der Waals surface area contributed by atoms with Crippen LogP contribution >= 0.6 is 24.8 Å². The van der Waals surface area contributed by atoms with Gasteiger partial charge in [0.1, 0.15) is 0 Å². The summed E-state index contributed by atoms with van der Waals surface area (Å²) in [5, 5.41) is 0. The maximum Gasteiger partial charge on any atom is -0.147 e. The molecular formula is C37H32Cl2Zr. The molecule has 0 fully saturated rings. The van der Waals surface area contributed by atoms with E-state index < -0.39 is 21.3 Å². The second-order valence-electron chi connectivity index (χ2n) is 10.5. The molecule has 2 aliphatic carbocycles. The summed E-state index contributed by atoms with van der Waals surface area (Å²) < 4.78 is 2.55. The molecule has 1 atom stereocenters. The fourth-order valence-corrected chi connectivity index (χ4v) is 17.5. The van der Waals surface area contributed by atoms with Crippen molar-refractivity contribution in [1.29, 1.82) is 0 Å². The molecule has 0 amide bonds. The zero-order valence-corrected chi connectivity index (χ0v) is 26.8. The van der Waals surface area contributed by atoms with E-state index in [1.165, 1.54) is 44.5 Å². The van der Waals surface area contributed by atoms with Crippen LogP contribution < -0.4 is 0 Å². The van der Waals surface area contributed by atoms with Crippen LogP contribution in [0.4, 0.5) is 0 Å². The normalized spacial score (nSPS) is 14.9. The Morgan fingerprint density at radius 2 is 0.825 bits per heavy atom. The van der Waals surface area contributed by atoms with Gasteiger partial charge >= 0.3 is 235 Å². The first-order chi connectivity index (χ1) is 18.7. The van der Waals surface area contributed by atoms with Crippen molar-refractivity contribution >= 4 is 33.6 Å². The van der Waals surface area contributed by atoms with Gasteiger partial charge in [0.2, 0.25) is 0 Å². The number of halogens is 2. The molecule has 0 aromatic heterocycles. The van der Waals surface area contributed by atoms with Gasteiger partial charge in [-0.25, -0.2) is 0 Å². The van der Waals surface area contributed by atoms with E-state index in [4.69, 9.17) is 0 Å². The Morgan fingerprint density at radius 3 is 1.30 bits per heavy atom. The van der Waals surface area contributed by atoms with Crippen LogP contribution in [0, 0.1) is 0 Å². The molecule has 198 valence electrons. The van der Waals surface area contributed by atoms with Crippen molar-refractivity contribution < 1.29 is 21.3 Å². The minimum absolute atomic E-state index is 0.